The largest absolute Gasteiger partial charge is 0.316 e. The Morgan fingerprint density at radius 2 is 2.09 bits per heavy atom. The highest BCUT2D eigenvalue weighted by molar-refractivity contribution is 5.64. The van der Waals surface area contributed by atoms with E-state index in [-0.39, 0.29) is 11.5 Å². The molecule has 1 saturated heterocycles. The van der Waals surface area contributed by atoms with Gasteiger partial charge >= 0.3 is 0 Å². The number of hydrogen-bond donors (Lipinski definition) is 2. The third-order valence-electron chi connectivity index (χ3n) is 4.67. The summed E-state index contributed by atoms with van der Waals surface area (Å²) >= 11 is 0. The van der Waals surface area contributed by atoms with Crippen LogP contribution in [0.15, 0.2) is 35.3 Å². The normalized spacial score (nSPS) is 21.1. The van der Waals surface area contributed by atoms with Gasteiger partial charge in [0.15, 0.2) is 11.3 Å². The molecule has 0 saturated carbocycles. The predicted octanol–water partition coefficient (Wildman–Crippen LogP) is 1.72. The van der Waals surface area contributed by atoms with Crippen LogP contribution in [0.1, 0.15) is 24.2 Å². The molecule has 0 radical (unpaired) electrons. The number of benzene rings is 1. The first-order valence-electron chi connectivity index (χ1n) is 7.90. The molecule has 0 bridgehead atoms. The van der Waals surface area contributed by atoms with Crippen molar-refractivity contribution in [2.45, 2.75) is 19.8 Å². The second kappa shape index (κ2) is 5.31. The van der Waals surface area contributed by atoms with E-state index < -0.39 is 0 Å². The topological polar surface area (TPSA) is 75.1 Å². The Labute approximate surface area is 133 Å². The first-order valence-corrected chi connectivity index (χ1v) is 7.90. The van der Waals surface area contributed by atoms with Crippen molar-refractivity contribution < 1.29 is 0 Å². The number of aromatic amines is 1. The number of fused-ring (bicyclic) bond motifs is 1. The summed E-state index contributed by atoms with van der Waals surface area (Å²) in [4.78, 5) is 19.8. The molecule has 3 aromatic rings. The molecule has 6 heteroatoms. The summed E-state index contributed by atoms with van der Waals surface area (Å²) in [6, 6.07) is 8.01. The number of aryl methyl sites for hydroxylation is 1. The summed E-state index contributed by atoms with van der Waals surface area (Å²) in [6.45, 7) is 5.99. The Bertz CT molecular complexity index is 926. The van der Waals surface area contributed by atoms with Crippen LogP contribution in [0.25, 0.3) is 16.9 Å². The van der Waals surface area contributed by atoms with E-state index >= 15 is 0 Å². The van der Waals surface area contributed by atoms with Gasteiger partial charge in [0.25, 0.3) is 5.56 Å². The Hall–Kier alpha value is -2.47. The highest BCUT2D eigenvalue weighted by Crippen LogP contribution is 2.26. The van der Waals surface area contributed by atoms with Gasteiger partial charge in [0.1, 0.15) is 5.82 Å². The maximum atomic E-state index is 12.4. The van der Waals surface area contributed by atoms with E-state index in [0.717, 1.165) is 30.0 Å². The van der Waals surface area contributed by atoms with Gasteiger partial charge in [0, 0.05) is 18.0 Å². The van der Waals surface area contributed by atoms with Crippen molar-refractivity contribution in [1.82, 2.24) is 24.9 Å². The van der Waals surface area contributed by atoms with Crippen molar-refractivity contribution >= 4 is 5.52 Å². The quantitative estimate of drug-likeness (QED) is 0.756. The van der Waals surface area contributed by atoms with E-state index in [2.05, 4.69) is 22.2 Å². The molecule has 2 N–H and O–H groups in total. The highest BCUT2D eigenvalue weighted by atomic mass is 16.1. The van der Waals surface area contributed by atoms with Crippen LogP contribution in [0.3, 0.4) is 0 Å². The van der Waals surface area contributed by atoms with E-state index in [4.69, 9.17) is 5.10 Å². The van der Waals surface area contributed by atoms with Gasteiger partial charge in [-0.3, -0.25) is 4.79 Å². The fraction of sp³-hybridized carbons (Fsp3) is 0.353. The number of H-pyrrole nitrogens is 1. The molecule has 2 atom stereocenters. The molecule has 1 aliphatic rings. The first kappa shape index (κ1) is 14.1. The molecule has 1 fully saturated rings. The van der Waals surface area contributed by atoms with Gasteiger partial charge in [0.05, 0.1) is 6.20 Å². The minimum absolute atomic E-state index is 0.138. The lowest BCUT2D eigenvalue weighted by molar-refractivity contribution is 0.533. The van der Waals surface area contributed by atoms with Crippen molar-refractivity contribution in [1.29, 1.82) is 0 Å². The molecule has 1 aliphatic heterocycles. The van der Waals surface area contributed by atoms with Gasteiger partial charge in [0.2, 0.25) is 0 Å². The van der Waals surface area contributed by atoms with Crippen LogP contribution in [0.4, 0.5) is 0 Å². The molecule has 6 nitrogen and oxygen atoms in total. The van der Waals surface area contributed by atoms with Crippen LogP contribution in [0.2, 0.25) is 0 Å². The number of hydrogen-bond acceptors (Lipinski definition) is 4. The monoisotopic (exact) mass is 309 g/mol. The number of rotatable bonds is 2. The van der Waals surface area contributed by atoms with E-state index in [1.807, 2.05) is 31.2 Å². The van der Waals surface area contributed by atoms with Crippen LogP contribution >= 0.6 is 0 Å². The second-order valence-electron chi connectivity index (χ2n) is 6.28. The second-order valence-corrected chi connectivity index (χ2v) is 6.28. The molecule has 0 spiro atoms. The van der Waals surface area contributed by atoms with Gasteiger partial charge < -0.3 is 10.3 Å². The molecule has 118 valence electrons. The fourth-order valence-electron chi connectivity index (χ4n) is 3.27. The molecule has 2 unspecified atom stereocenters. The zero-order valence-electron chi connectivity index (χ0n) is 13.2. The summed E-state index contributed by atoms with van der Waals surface area (Å²) in [5.74, 6) is 2.11. The van der Waals surface area contributed by atoms with Crippen LogP contribution in [-0.2, 0) is 0 Å². The molecule has 3 heterocycles. The molecular formula is C17H19N5O. The van der Waals surface area contributed by atoms with Crippen LogP contribution in [-0.4, -0.2) is 32.7 Å². The molecule has 4 rings (SSSR count). The third-order valence-corrected chi connectivity index (χ3v) is 4.67. The number of nitrogens with one attached hydrogen (secondary N) is 2. The van der Waals surface area contributed by atoms with Crippen molar-refractivity contribution in [3.63, 3.8) is 0 Å². The number of aromatic nitrogens is 4. The Balaban J connectivity index is 1.93. The van der Waals surface area contributed by atoms with Crippen molar-refractivity contribution in [2.75, 3.05) is 13.1 Å². The van der Waals surface area contributed by atoms with Gasteiger partial charge in [-0.1, -0.05) is 31.2 Å². The lowest BCUT2D eigenvalue weighted by Crippen LogP contribution is -2.21. The van der Waals surface area contributed by atoms with Gasteiger partial charge in [-0.05, 0) is 24.9 Å². The summed E-state index contributed by atoms with van der Waals surface area (Å²) in [6.07, 6.45) is 1.59. The van der Waals surface area contributed by atoms with E-state index in [9.17, 15) is 4.79 Å². The predicted molar refractivity (Wildman–Crippen MR) is 88.6 cm³/mol. The smallest absolute Gasteiger partial charge is 0.276 e. The third kappa shape index (κ3) is 2.26. The maximum Gasteiger partial charge on any atom is 0.276 e. The fourth-order valence-corrected chi connectivity index (χ4v) is 3.27. The lowest BCUT2D eigenvalue weighted by atomic mass is 9.97. The summed E-state index contributed by atoms with van der Waals surface area (Å²) in [5.41, 5.74) is 2.45. The van der Waals surface area contributed by atoms with Crippen molar-refractivity contribution in [3.05, 3.63) is 52.2 Å². The Morgan fingerprint density at radius 1 is 1.26 bits per heavy atom. The average molecular weight is 309 g/mol. The van der Waals surface area contributed by atoms with Crippen LogP contribution in [0, 0.1) is 12.8 Å². The number of imidazole rings is 1. The van der Waals surface area contributed by atoms with E-state index in [1.165, 1.54) is 0 Å². The number of nitrogens with zero attached hydrogens (tertiary/aromatic N) is 3. The minimum Gasteiger partial charge on any atom is -0.316 e. The molecule has 23 heavy (non-hydrogen) atoms. The van der Waals surface area contributed by atoms with Crippen LogP contribution < -0.4 is 10.9 Å². The van der Waals surface area contributed by atoms with Gasteiger partial charge in [-0.15, -0.1) is 0 Å². The molecule has 1 aromatic carbocycles. The van der Waals surface area contributed by atoms with Crippen molar-refractivity contribution in [3.8, 4) is 11.4 Å². The summed E-state index contributed by atoms with van der Waals surface area (Å²) < 4.78 is 1.68. The summed E-state index contributed by atoms with van der Waals surface area (Å²) in [5, 5.41) is 8.05. The Morgan fingerprint density at radius 3 is 2.83 bits per heavy atom. The zero-order valence-corrected chi connectivity index (χ0v) is 13.2. The van der Waals surface area contributed by atoms with Crippen molar-refractivity contribution in [2.24, 2.45) is 5.92 Å². The summed E-state index contributed by atoms with van der Waals surface area (Å²) in [7, 11) is 0. The minimum atomic E-state index is -0.138. The van der Waals surface area contributed by atoms with E-state index in [0.29, 0.717) is 17.3 Å². The molecule has 2 aromatic heterocycles. The Kier molecular flexibility index (Phi) is 3.27. The standard InChI is InChI=1S/C17H19N5O/c1-10-5-3-4-6-12(10)16-19-9-14-17(23)20-15(21-22(14)16)13-8-18-7-11(13)2/h3-6,9,11,13,18H,7-8H2,1-2H3,(H,20,21,23). The highest BCUT2D eigenvalue weighted by Gasteiger charge is 2.27. The van der Waals surface area contributed by atoms with E-state index in [1.54, 1.807) is 10.7 Å². The van der Waals surface area contributed by atoms with Crippen LogP contribution in [0.5, 0.6) is 0 Å². The average Bonchev–Trinajstić information content (AvgIpc) is 3.14. The molecule has 0 aliphatic carbocycles. The van der Waals surface area contributed by atoms with Gasteiger partial charge in [-0.2, -0.15) is 5.10 Å². The first-order chi connectivity index (χ1) is 11.1. The zero-order chi connectivity index (χ0) is 16.0. The SMILES string of the molecule is Cc1ccccc1-c1ncc2c(=O)[nH]c(C3CNCC3C)nn12. The lowest BCUT2D eigenvalue weighted by Gasteiger charge is -2.13. The van der Waals surface area contributed by atoms with Gasteiger partial charge in [-0.25, -0.2) is 9.50 Å². The molecule has 0 amide bonds. The maximum absolute atomic E-state index is 12.4. The molecular weight excluding hydrogens is 290 g/mol.